The van der Waals surface area contributed by atoms with Crippen LogP contribution in [0.4, 0.5) is 4.79 Å². The lowest BCUT2D eigenvalue weighted by Crippen LogP contribution is -2.39. The molecular weight excluding hydrogens is 256 g/mol. The van der Waals surface area contributed by atoms with Crippen molar-refractivity contribution in [2.45, 2.75) is 12.5 Å². The van der Waals surface area contributed by atoms with Gasteiger partial charge in [0.25, 0.3) is 0 Å². The van der Waals surface area contributed by atoms with E-state index in [9.17, 15) is 13.2 Å². The van der Waals surface area contributed by atoms with Crippen molar-refractivity contribution in [3.63, 3.8) is 0 Å². The molecule has 1 fully saturated rings. The number of hydrogen-bond acceptors (Lipinski definition) is 4. The Morgan fingerprint density at radius 1 is 1.62 bits per heavy atom. The van der Waals surface area contributed by atoms with Gasteiger partial charge in [-0.05, 0) is 6.42 Å². The molecule has 1 aliphatic heterocycles. The van der Waals surface area contributed by atoms with Crippen LogP contribution < -0.4 is 5.32 Å². The van der Waals surface area contributed by atoms with Crippen molar-refractivity contribution in [1.29, 1.82) is 0 Å². The smallest absolute Gasteiger partial charge is 0.407 e. The molecule has 1 unspecified atom stereocenters. The molecule has 0 spiro atoms. The normalized spacial score (nSPS) is 22.0. The van der Waals surface area contributed by atoms with Crippen molar-refractivity contribution in [2.24, 2.45) is 0 Å². The zero-order valence-corrected chi connectivity index (χ0v) is 10.6. The number of sulfonamides is 1. The number of alkyl carbamates (subject to hydrolysis) is 1. The van der Waals surface area contributed by atoms with Crippen LogP contribution in [0.5, 0.6) is 0 Å². The van der Waals surface area contributed by atoms with Crippen molar-refractivity contribution >= 4 is 27.7 Å². The van der Waals surface area contributed by atoms with E-state index in [1.165, 1.54) is 11.4 Å². The van der Waals surface area contributed by atoms with Crippen molar-refractivity contribution in [1.82, 2.24) is 9.62 Å². The van der Waals surface area contributed by atoms with Crippen molar-refractivity contribution in [3.05, 3.63) is 0 Å². The van der Waals surface area contributed by atoms with Crippen LogP contribution in [0.15, 0.2) is 0 Å². The molecule has 0 saturated carbocycles. The van der Waals surface area contributed by atoms with Crippen LogP contribution in [-0.4, -0.2) is 56.7 Å². The first-order valence-electron chi connectivity index (χ1n) is 4.88. The molecule has 1 saturated heterocycles. The Hall–Kier alpha value is -0.530. The first-order chi connectivity index (χ1) is 7.49. The second kappa shape index (κ2) is 5.70. The van der Waals surface area contributed by atoms with E-state index in [1.54, 1.807) is 0 Å². The first kappa shape index (κ1) is 13.5. The molecule has 1 N–H and O–H groups in total. The highest BCUT2D eigenvalue weighted by molar-refractivity contribution is 7.89. The average Bonchev–Trinajstić information content (AvgIpc) is 2.66. The lowest BCUT2D eigenvalue weighted by molar-refractivity contribution is 0.167. The number of methoxy groups -OCH3 is 1. The number of carbonyl (C=O) groups is 1. The maximum Gasteiger partial charge on any atom is 0.407 e. The molecule has 0 aromatic carbocycles. The highest BCUT2D eigenvalue weighted by Gasteiger charge is 2.31. The van der Waals surface area contributed by atoms with Gasteiger partial charge in [0.1, 0.15) is 0 Å². The van der Waals surface area contributed by atoms with Gasteiger partial charge in [-0.1, -0.05) is 0 Å². The largest absolute Gasteiger partial charge is 0.453 e. The van der Waals surface area contributed by atoms with Gasteiger partial charge in [-0.3, -0.25) is 0 Å². The number of carbonyl (C=O) groups excluding carboxylic acids is 1. The zero-order chi connectivity index (χ0) is 12.2. The minimum atomic E-state index is -3.28. The predicted molar refractivity (Wildman–Crippen MR) is 60.0 cm³/mol. The van der Waals surface area contributed by atoms with E-state index in [2.05, 4.69) is 10.1 Å². The Balaban J connectivity index is 2.49. The van der Waals surface area contributed by atoms with E-state index in [4.69, 9.17) is 11.6 Å². The monoisotopic (exact) mass is 270 g/mol. The Morgan fingerprint density at radius 2 is 2.31 bits per heavy atom. The molecule has 0 aromatic heterocycles. The number of ether oxygens (including phenoxy) is 1. The van der Waals surface area contributed by atoms with E-state index >= 15 is 0 Å². The van der Waals surface area contributed by atoms with Gasteiger partial charge < -0.3 is 10.1 Å². The second-order valence-electron chi connectivity index (χ2n) is 3.48. The van der Waals surface area contributed by atoms with Crippen LogP contribution in [0, 0.1) is 0 Å². The van der Waals surface area contributed by atoms with E-state index in [0.29, 0.717) is 13.0 Å². The van der Waals surface area contributed by atoms with Crippen LogP contribution in [0.3, 0.4) is 0 Å². The van der Waals surface area contributed by atoms with E-state index in [1.807, 2.05) is 0 Å². The van der Waals surface area contributed by atoms with Gasteiger partial charge in [-0.15, -0.1) is 11.6 Å². The number of halogens is 1. The molecule has 1 atom stereocenters. The van der Waals surface area contributed by atoms with Crippen LogP contribution >= 0.6 is 11.6 Å². The minimum Gasteiger partial charge on any atom is -0.453 e. The van der Waals surface area contributed by atoms with Gasteiger partial charge in [-0.2, -0.15) is 4.31 Å². The van der Waals surface area contributed by atoms with Crippen LogP contribution in [0.25, 0.3) is 0 Å². The first-order valence-corrected chi connectivity index (χ1v) is 7.02. The lowest BCUT2D eigenvalue weighted by atomic mass is 10.3. The third-order valence-electron chi connectivity index (χ3n) is 2.39. The van der Waals surface area contributed by atoms with Crippen molar-refractivity contribution < 1.29 is 17.9 Å². The van der Waals surface area contributed by atoms with Gasteiger partial charge in [0, 0.05) is 25.0 Å². The third-order valence-corrected chi connectivity index (χ3v) is 4.64. The maximum absolute atomic E-state index is 11.6. The summed E-state index contributed by atoms with van der Waals surface area (Å²) in [5.74, 6) is 0.00737. The number of nitrogens with zero attached hydrogens (tertiary/aromatic N) is 1. The van der Waals surface area contributed by atoms with Gasteiger partial charge in [0.05, 0.1) is 12.9 Å². The van der Waals surface area contributed by atoms with Gasteiger partial charge >= 0.3 is 6.09 Å². The third kappa shape index (κ3) is 3.50. The molecule has 0 aliphatic carbocycles. The fraction of sp³-hybridized carbons (Fsp3) is 0.875. The fourth-order valence-electron chi connectivity index (χ4n) is 1.55. The Labute approximate surface area is 99.9 Å². The summed E-state index contributed by atoms with van der Waals surface area (Å²) in [6, 6.07) is -0.183. The Morgan fingerprint density at radius 3 is 2.88 bits per heavy atom. The number of amides is 1. The summed E-state index contributed by atoms with van der Waals surface area (Å²) in [6.07, 6.45) is 0.0537. The maximum atomic E-state index is 11.6. The molecule has 0 aromatic rings. The van der Waals surface area contributed by atoms with Gasteiger partial charge in [-0.25, -0.2) is 13.2 Å². The second-order valence-corrected chi connectivity index (χ2v) is 5.95. The van der Waals surface area contributed by atoms with Gasteiger partial charge in [0.15, 0.2) is 0 Å². The molecule has 0 bridgehead atoms. The summed E-state index contributed by atoms with van der Waals surface area (Å²) >= 11 is 5.41. The minimum absolute atomic E-state index is 0.0699. The SMILES string of the molecule is COC(=O)NC1CCN(S(=O)(=O)CCCl)C1. The molecule has 94 valence electrons. The molecule has 1 rings (SSSR count). The van der Waals surface area contributed by atoms with Gasteiger partial charge in [0.2, 0.25) is 10.0 Å². The quantitative estimate of drug-likeness (QED) is 0.729. The molecule has 6 nitrogen and oxygen atoms in total. The summed E-state index contributed by atoms with van der Waals surface area (Å²) in [5.41, 5.74) is 0. The molecule has 1 aliphatic rings. The standard InChI is InChI=1S/C8H15ClN2O4S/c1-15-8(12)10-7-2-4-11(6-7)16(13,14)5-3-9/h7H,2-6H2,1H3,(H,10,12). The van der Waals surface area contributed by atoms with Crippen LogP contribution in [-0.2, 0) is 14.8 Å². The number of rotatable bonds is 4. The molecule has 1 amide bonds. The van der Waals surface area contributed by atoms with E-state index < -0.39 is 16.1 Å². The topological polar surface area (TPSA) is 75.7 Å². The highest BCUT2D eigenvalue weighted by Crippen LogP contribution is 2.14. The predicted octanol–water partition coefficient (Wildman–Crippen LogP) is -0.0147. The van der Waals surface area contributed by atoms with E-state index in [-0.39, 0.29) is 24.2 Å². The van der Waals surface area contributed by atoms with Crippen LogP contribution in [0.2, 0.25) is 0 Å². The summed E-state index contributed by atoms with van der Waals surface area (Å²) in [5, 5.41) is 2.57. The van der Waals surface area contributed by atoms with Crippen LogP contribution in [0.1, 0.15) is 6.42 Å². The van der Waals surface area contributed by atoms with Crippen molar-refractivity contribution in [3.8, 4) is 0 Å². The summed E-state index contributed by atoms with van der Waals surface area (Å²) < 4.78 is 29.0. The Kier molecular flexibility index (Phi) is 4.82. The number of nitrogens with one attached hydrogen (secondary N) is 1. The molecule has 1 heterocycles. The molecule has 0 radical (unpaired) electrons. The molecule has 16 heavy (non-hydrogen) atoms. The summed E-state index contributed by atoms with van der Waals surface area (Å²) in [4.78, 5) is 10.9. The fourth-order valence-corrected chi connectivity index (χ4v) is 3.38. The number of alkyl halides is 1. The average molecular weight is 271 g/mol. The van der Waals surface area contributed by atoms with Crippen molar-refractivity contribution in [2.75, 3.05) is 31.8 Å². The summed E-state index contributed by atoms with van der Waals surface area (Å²) in [6.45, 7) is 0.697. The Bertz CT molecular complexity index is 346. The summed E-state index contributed by atoms with van der Waals surface area (Å²) in [7, 11) is -2.01. The van der Waals surface area contributed by atoms with E-state index in [0.717, 1.165) is 0 Å². The molecular formula is C8H15ClN2O4S. The lowest BCUT2D eigenvalue weighted by Gasteiger charge is -2.15. The zero-order valence-electron chi connectivity index (χ0n) is 8.98. The molecule has 8 heteroatoms. The number of hydrogen-bond donors (Lipinski definition) is 1. The highest BCUT2D eigenvalue weighted by atomic mass is 35.5.